The molecule has 0 atom stereocenters. The zero-order valence-electron chi connectivity index (χ0n) is 24.3. The number of oxazole rings is 1. The van der Waals surface area contributed by atoms with Gasteiger partial charge in [0.2, 0.25) is 0 Å². The first-order valence-corrected chi connectivity index (χ1v) is 13.4. The van der Waals surface area contributed by atoms with Gasteiger partial charge in [-0.2, -0.15) is 0 Å². The number of methoxy groups -OCH3 is 1. The third-order valence-electron chi connectivity index (χ3n) is 6.72. The molecule has 5 aromatic rings. The number of benzene rings is 3. The van der Waals surface area contributed by atoms with E-state index >= 15 is 0 Å². The molecular formula is C32H31N5O6. The minimum atomic E-state index is -1.25. The number of aryl methyl sites for hydroxylation is 1. The van der Waals surface area contributed by atoms with E-state index in [1.165, 1.54) is 13.5 Å². The average molecular weight is 582 g/mol. The number of hydrogen-bond donors (Lipinski definition) is 4. The minimum absolute atomic E-state index is 0.191. The van der Waals surface area contributed by atoms with Crippen molar-refractivity contribution in [2.24, 2.45) is 0 Å². The molecule has 11 nitrogen and oxygen atoms in total. The quantitative estimate of drug-likeness (QED) is 0.151. The predicted molar refractivity (Wildman–Crippen MR) is 164 cm³/mol. The molecule has 0 saturated heterocycles. The SMILES string of the molecule is COc1c(NC(=O)O)cc(C(C)(C)C)cc1NC(=O)Nc1ccc(Oc2ccnc(-c3ocnc3C)c2)c2ccccc12. The number of aromatic nitrogens is 2. The number of fused-ring (bicyclic) bond motifs is 1. The van der Waals surface area contributed by atoms with Crippen molar-refractivity contribution in [1.29, 1.82) is 0 Å². The Morgan fingerprint density at radius 2 is 1.58 bits per heavy atom. The third-order valence-corrected chi connectivity index (χ3v) is 6.72. The zero-order chi connectivity index (χ0) is 30.7. The van der Waals surface area contributed by atoms with Crippen LogP contribution in [-0.4, -0.2) is 34.3 Å². The average Bonchev–Trinajstić information content (AvgIpc) is 3.39. The van der Waals surface area contributed by atoms with Crippen molar-refractivity contribution in [2.75, 3.05) is 23.1 Å². The molecule has 0 unspecified atom stereocenters. The van der Waals surface area contributed by atoms with Crippen LogP contribution in [0.1, 0.15) is 32.0 Å². The van der Waals surface area contributed by atoms with Gasteiger partial charge in [0.1, 0.15) is 17.2 Å². The first-order valence-electron chi connectivity index (χ1n) is 13.4. The second-order valence-corrected chi connectivity index (χ2v) is 10.8. The standard InChI is InChI=1S/C32H31N5O6/c1-18-28(42-17-34-18)24-16-20(12-13-33-24)43-27-11-10-23(21-8-6-7-9-22(21)27)35-30(38)36-25-14-19(32(2,3)4)15-26(29(25)41-5)37-31(39)40/h6-17,37H,1-5H3,(H,39,40)(H2,35,36,38). The Kier molecular flexibility index (Phi) is 7.89. The van der Waals surface area contributed by atoms with E-state index < -0.39 is 12.1 Å². The Morgan fingerprint density at radius 3 is 2.23 bits per heavy atom. The number of nitrogens with zero attached hydrogens (tertiary/aromatic N) is 2. The lowest BCUT2D eigenvalue weighted by atomic mass is 9.86. The molecule has 3 aromatic carbocycles. The predicted octanol–water partition coefficient (Wildman–Crippen LogP) is 8.03. The van der Waals surface area contributed by atoms with E-state index in [0.717, 1.165) is 22.0 Å². The van der Waals surface area contributed by atoms with Crippen molar-refractivity contribution in [2.45, 2.75) is 33.1 Å². The highest BCUT2D eigenvalue weighted by molar-refractivity contribution is 6.08. The van der Waals surface area contributed by atoms with Crippen LogP contribution in [0.2, 0.25) is 0 Å². The molecule has 2 aromatic heterocycles. The molecule has 0 aliphatic carbocycles. The van der Waals surface area contributed by atoms with E-state index in [9.17, 15) is 14.7 Å². The Morgan fingerprint density at radius 1 is 0.884 bits per heavy atom. The fraction of sp³-hybridized carbons (Fsp3) is 0.188. The fourth-order valence-electron chi connectivity index (χ4n) is 4.60. The molecule has 0 bridgehead atoms. The largest absolute Gasteiger partial charge is 0.492 e. The second kappa shape index (κ2) is 11.7. The summed E-state index contributed by atoms with van der Waals surface area (Å²) in [6.07, 6.45) is 1.76. The minimum Gasteiger partial charge on any atom is -0.492 e. The van der Waals surface area contributed by atoms with E-state index in [-0.39, 0.29) is 16.9 Å². The number of amides is 3. The molecule has 43 heavy (non-hydrogen) atoms. The number of carbonyl (C=O) groups is 2. The number of pyridine rings is 1. The highest BCUT2D eigenvalue weighted by atomic mass is 16.5. The van der Waals surface area contributed by atoms with Crippen molar-refractivity contribution in [3.8, 4) is 28.7 Å². The Bertz CT molecular complexity index is 1830. The van der Waals surface area contributed by atoms with Gasteiger partial charge in [-0.3, -0.25) is 10.3 Å². The molecule has 5 rings (SSSR count). The smallest absolute Gasteiger partial charge is 0.409 e. The monoisotopic (exact) mass is 581 g/mol. The van der Waals surface area contributed by atoms with Crippen LogP contribution in [-0.2, 0) is 5.41 Å². The number of carboxylic acid groups (broad SMARTS) is 1. The molecule has 0 saturated carbocycles. The summed E-state index contributed by atoms with van der Waals surface area (Å²) in [5, 5.41) is 18.9. The van der Waals surface area contributed by atoms with Gasteiger partial charge in [-0.05, 0) is 48.2 Å². The van der Waals surface area contributed by atoms with Crippen molar-refractivity contribution in [3.63, 3.8) is 0 Å². The van der Waals surface area contributed by atoms with Crippen molar-refractivity contribution >= 4 is 40.0 Å². The Balaban J connectivity index is 1.42. The molecule has 0 radical (unpaired) electrons. The summed E-state index contributed by atoms with van der Waals surface area (Å²) in [6.45, 7) is 7.80. The molecular weight excluding hydrogens is 550 g/mol. The van der Waals surface area contributed by atoms with E-state index in [1.807, 2.05) is 52.0 Å². The lowest BCUT2D eigenvalue weighted by molar-refractivity contribution is 0.209. The number of rotatable bonds is 7. The number of anilines is 3. The number of nitrogens with one attached hydrogen (secondary N) is 3. The third kappa shape index (κ3) is 6.35. The number of urea groups is 1. The molecule has 0 aliphatic rings. The number of ether oxygens (including phenoxy) is 2. The summed E-state index contributed by atoms with van der Waals surface area (Å²) in [7, 11) is 1.41. The lowest BCUT2D eigenvalue weighted by Gasteiger charge is -2.23. The first-order chi connectivity index (χ1) is 20.5. The molecule has 0 fully saturated rings. The van der Waals surface area contributed by atoms with Crippen LogP contribution < -0.4 is 25.4 Å². The van der Waals surface area contributed by atoms with Gasteiger partial charge < -0.3 is 29.6 Å². The van der Waals surface area contributed by atoms with Crippen LogP contribution in [0.4, 0.5) is 26.7 Å². The topological polar surface area (TPSA) is 148 Å². The molecule has 2 heterocycles. The number of hydrogen-bond acceptors (Lipinski definition) is 7. The van der Waals surface area contributed by atoms with Gasteiger partial charge in [-0.1, -0.05) is 45.0 Å². The van der Waals surface area contributed by atoms with E-state index in [0.29, 0.717) is 34.3 Å². The fourth-order valence-corrected chi connectivity index (χ4v) is 4.60. The van der Waals surface area contributed by atoms with Gasteiger partial charge >= 0.3 is 12.1 Å². The summed E-state index contributed by atoms with van der Waals surface area (Å²) in [5.41, 5.74) is 2.88. The van der Waals surface area contributed by atoms with Gasteiger partial charge in [0.15, 0.2) is 17.9 Å². The molecule has 220 valence electrons. The second-order valence-electron chi connectivity index (χ2n) is 10.8. The van der Waals surface area contributed by atoms with Gasteiger partial charge in [0.25, 0.3) is 0 Å². The maximum absolute atomic E-state index is 13.3. The maximum atomic E-state index is 13.3. The van der Waals surface area contributed by atoms with Crippen LogP contribution >= 0.6 is 0 Å². The highest BCUT2D eigenvalue weighted by Crippen LogP contribution is 2.39. The maximum Gasteiger partial charge on any atom is 0.409 e. The lowest BCUT2D eigenvalue weighted by Crippen LogP contribution is -2.22. The summed E-state index contributed by atoms with van der Waals surface area (Å²) in [6, 6.07) is 17.5. The van der Waals surface area contributed by atoms with Crippen molar-refractivity contribution in [1.82, 2.24) is 9.97 Å². The van der Waals surface area contributed by atoms with E-state index in [2.05, 4.69) is 25.9 Å². The van der Waals surface area contributed by atoms with Crippen LogP contribution in [0.5, 0.6) is 17.2 Å². The Hall–Kier alpha value is -5.58. The van der Waals surface area contributed by atoms with Gasteiger partial charge in [0, 0.05) is 23.0 Å². The van der Waals surface area contributed by atoms with E-state index in [4.69, 9.17) is 13.9 Å². The molecule has 0 spiro atoms. The van der Waals surface area contributed by atoms with Crippen molar-refractivity contribution < 1.29 is 28.6 Å². The molecule has 3 amide bonds. The van der Waals surface area contributed by atoms with Crippen LogP contribution in [0.3, 0.4) is 0 Å². The number of carbonyl (C=O) groups excluding carboxylic acids is 1. The molecule has 0 aliphatic heterocycles. The molecule has 11 heteroatoms. The summed E-state index contributed by atoms with van der Waals surface area (Å²) < 4.78 is 17.2. The zero-order valence-corrected chi connectivity index (χ0v) is 24.3. The summed E-state index contributed by atoms with van der Waals surface area (Å²) in [4.78, 5) is 33.2. The van der Waals surface area contributed by atoms with Gasteiger partial charge in [-0.15, -0.1) is 0 Å². The highest BCUT2D eigenvalue weighted by Gasteiger charge is 2.22. The normalized spacial score (nSPS) is 11.2. The van der Waals surface area contributed by atoms with Gasteiger partial charge in [0.05, 0.1) is 29.9 Å². The van der Waals surface area contributed by atoms with Gasteiger partial charge in [-0.25, -0.2) is 14.6 Å². The van der Waals surface area contributed by atoms with Crippen molar-refractivity contribution in [3.05, 3.63) is 84.5 Å². The first kappa shape index (κ1) is 28.9. The Labute approximate surface area is 247 Å². The molecule has 4 N–H and O–H groups in total. The van der Waals surface area contributed by atoms with Crippen LogP contribution in [0.15, 0.2) is 77.7 Å². The summed E-state index contributed by atoms with van der Waals surface area (Å²) >= 11 is 0. The van der Waals surface area contributed by atoms with E-state index in [1.54, 1.807) is 42.6 Å². The summed E-state index contributed by atoms with van der Waals surface area (Å²) in [5.74, 6) is 1.89. The van der Waals surface area contributed by atoms with Crippen LogP contribution in [0, 0.1) is 6.92 Å². The van der Waals surface area contributed by atoms with Crippen LogP contribution in [0.25, 0.3) is 22.2 Å².